The lowest BCUT2D eigenvalue weighted by molar-refractivity contribution is -0.257. The van der Waals surface area contributed by atoms with Gasteiger partial charge in [-0.25, -0.2) is 9.59 Å². The Morgan fingerprint density at radius 2 is 1.10 bits per heavy atom. The molecule has 0 bridgehead atoms. The maximum Gasteiger partial charge on any atom is 0.417 e. The fourth-order valence-electron chi connectivity index (χ4n) is 1.47. The van der Waals surface area contributed by atoms with E-state index in [1.807, 2.05) is 0 Å². The average Bonchev–Trinajstić information content (AvgIpc) is 2.42. The van der Waals surface area contributed by atoms with Crippen LogP contribution in [0, 0.1) is 0 Å². The van der Waals surface area contributed by atoms with Crippen LogP contribution in [0.25, 0.3) is 0 Å². The number of rotatable bonds is 9. The summed E-state index contributed by atoms with van der Waals surface area (Å²) in [6.07, 6.45) is -12.8. The van der Waals surface area contributed by atoms with Gasteiger partial charge in [-0.05, 0) is 13.8 Å². The van der Waals surface area contributed by atoms with E-state index in [-0.39, 0.29) is 0 Å². The molecular formula is C13H18F6O9S. The van der Waals surface area contributed by atoms with Crippen LogP contribution in [-0.4, -0.2) is 77.1 Å². The van der Waals surface area contributed by atoms with E-state index in [9.17, 15) is 44.3 Å². The van der Waals surface area contributed by atoms with Gasteiger partial charge < -0.3 is 19.7 Å². The molecule has 0 fully saturated rings. The van der Waals surface area contributed by atoms with E-state index in [2.05, 4.69) is 9.47 Å². The monoisotopic (exact) mass is 464 g/mol. The molecule has 29 heavy (non-hydrogen) atoms. The van der Waals surface area contributed by atoms with Gasteiger partial charge in [-0.2, -0.15) is 34.8 Å². The zero-order valence-electron chi connectivity index (χ0n) is 14.9. The van der Waals surface area contributed by atoms with E-state index < -0.39 is 76.9 Å². The first-order valence-electron chi connectivity index (χ1n) is 7.51. The van der Waals surface area contributed by atoms with Crippen LogP contribution in [0.3, 0.4) is 0 Å². The summed E-state index contributed by atoms with van der Waals surface area (Å²) >= 11 is 0. The molecule has 0 amide bonds. The summed E-state index contributed by atoms with van der Waals surface area (Å²) in [5, 5.41) is 15.2. The Labute approximate surface area is 160 Å². The average molecular weight is 464 g/mol. The highest BCUT2D eigenvalue weighted by Gasteiger charge is 2.51. The number of aliphatic hydroxyl groups is 2. The number of hydrogen-bond donors (Lipinski definition) is 3. The van der Waals surface area contributed by atoms with Crippen LogP contribution < -0.4 is 0 Å². The van der Waals surface area contributed by atoms with Gasteiger partial charge in [0, 0.05) is 12.8 Å². The molecule has 0 rings (SSSR count). The van der Waals surface area contributed by atoms with Gasteiger partial charge in [-0.15, -0.1) is 0 Å². The largest absolute Gasteiger partial charge is 0.464 e. The number of hydrogen-bond acceptors (Lipinski definition) is 8. The molecule has 0 aliphatic rings. The van der Waals surface area contributed by atoms with Gasteiger partial charge in [-0.1, -0.05) is 0 Å². The lowest BCUT2D eigenvalue weighted by Gasteiger charge is -2.26. The second-order valence-corrected chi connectivity index (χ2v) is 7.77. The molecule has 0 radical (unpaired) electrons. The van der Waals surface area contributed by atoms with Gasteiger partial charge in [0.2, 0.25) is 0 Å². The topological polar surface area (TPSA) is 147 Å². The summed E-state index contributed by atoms with van der Waals surface area (Å²) in [7, 11) is -5.57. The fraction of sp³-hybridized carbons (Fsp3) is 0.846. The molecule has 172 valence electrons. The van der Waals surface area contributed by atoms with Crippen LogP contribution in [0.1, 0.15) is 26.7 Å². The number of carbonyl (C=O) groups excluding carboxylic acids is 2. The van der Waals surface area contributed by atoms with Crippen molar-refractivity contribution in [2.24, 2.45) is 0 Å². The van der Waals surface area contributed by atoms with Crippen molar-refractivity contribution in [3.05, 3.63) is 0 Å². The number of alkyl halides is 6. The first kappa shape index (κ1) is 27.4. The van der Waals surface area contributed by atoms with Crippen molar-refractivity contribution in [2.75, 3.05) is 13.2 Å². The van der Waals surface area contributed by atoms with Crippen molar-refractivity contribution >= 4 is 22.1 Å². The second-order valence-electron chi connectivity index (χ2n) is 6.27. The van der Waals surface area contributed by atoms with E-state index in [0.29, 0.717) is 13.8 Å². The Kier molecular flexibility index (Phi) is 8.50. The van der Waals surface area contributed by atoms with Crippen LogP contribution in [0.4, 0.5) is 26.3 Å². The summed E-state index contributed by atoms with van der Waals surface area (Å²) in [4.78, 5) is 23.3. The molecule has 0 aromatic rings. The van der Waals surface area contributed by atoms with Crippen molar-refractivity contribution in [3.63, 3.8) is 0 Å². The maximum atomic E-state index is 12.5. The normalized spacial score (nSPS) is 18.3. The zero-order valence-corrected chi connectivity index (χ0v) is 15.7. The Balaban J connectivity index is 5.02. The summed E-state index contributed by atoms with van der Waals surface area (Å²) < 4.78 is 114. The SMILES string of the molecule is CC(O)(CCOC(=O)C(C(=O)OCCC(C)(O)C(F)(F)F)S(=O)(=O)O)C(F)(F)F. The van der Waals surface area contributed by atoms with E-state index in [4.69, 9.17) is 14.8 Å². The van der Waals surface area contributed by atoms with Gasteiger partial charge in [0.1, 0.15) is 0 Å². The molecule has 0 aliphatic carbocycles. The Morgan fingerprint density at radius 3 is 1.31 bits per heavy atom. The predicted octanol–water partition coefficient (Wildman–Crippen LogP) is 0.736. The summed E-state index contributed by atoms with van der Waals surface area (Å²) in [5.41, 5.74) is -6.66. The van der Waals surface area contributed by atoms with Crippen LogP contribution in [0.15, 0.2) is 0 Å². The van der Waals surface area contributed by atoms with Gasteiger partial charge in [0.25, 0.3) is 15.4 Å². The Bertz CT molecular complexity index is 653. The highest BCUT2D eigenvalue weighted by molar-refractivity contribution is 7.88. The van der Waals surface area contributed by atoms with Crippen molar-refractivity contribution < 1.29 is 68.6 Å². The van der Waals surface area contributed by atoms with Crippen LogP contribution >= 0.6 is 0 Å². The number of ether oxygens (including phenoxy) is 2. The smallest absolute Gasteiger partial charge is 0.417 e. The number of halogens is 6. The van der Waals surface area contributed by atoms with Crippen molar-refractivity contribution in [2.45, 2.75) is 55.5 Å². The van der Waals surface area contributed by atoms with Gasteiger partial charge in [0.05, 0.1) is 13.2 Å². The Hall–Kier alpha value is -1.65. The second kappa shape index (κ2) is 9.01. The van der Waals surface area contributed by atoms with Gasteiger partial charge in [0.15, 0.2) is 11.2 Å². The minimum absolute atomic E-state index is 0.321. The molecule has 2 unspecified atom stereocenters. The first-order valence-corrected chi connectivity index (χ1v) is 9.01. The molecule has 0 aromatic carbocycles. The van der Waals surface area contributed by atoms with Crippen molar-refractivity contribution in [1.82, 2.24) is 0 Å². The molecule has 0 saturated carbocycles. The molecule has 9 nitrogen and oxygen atoms in total. The molecule has 3 N–H and O–H groups in total. The Morgan fingerprint density at radius 1 is 0.828 bits per heavy atom. The molecule has 0 heterocycles. The lowest BCUT2D eigenvalue weighted by atomic mass is 10.0. The standard InChI is InChI=1S/C13H18F6O9S/c1-10(22,12(14,15)16)3-5-27-8(20)7(29(24,25)26)9(21)28-6-4-11(2,23)13(17,18)19/h7,22-23H,3-6H2,1-2H3,(H,24,25,26). The third kappa shape index (κ3) is 7.94. The minimum atomic E-state index is -5.57. The minimum Gasteiger partial charge on any atom is -0.464 e. The molecule has 0 saturated heterocycles. The molecule has 16 heteroatoms. The third-order valence-electron chi connectivity index (χ3n) is 3.61. The van der Waals surface area contributed by atoms with Crippen molar-refractivity contribution in [1.29, 1.82) is 0 Å². The molecule has 0 aromatic heterocycles. The van der Waals surface area contributed by atoms with Crippen LogP contribution in [0.2, 0.25) is 0 Å². The molecular weight excluding hydrogens is 446 g/mol. The highest BCUT2D eigenvalue weighted by atomic mass is 32.2. The predicted molar refractivity (Wildman–Crippen MR) is 79.8 cm³/mol. The molecule has 0 aliphatic heterocycles. The van der Waals surface area contributed by atoms with E-state index in [1.165, 1.54) is 0 Å². The number of carbonyl (C=O) groups is 2. The summed E-state index contributed by atoms with van der Waals surface area (Å²) in [5.74, 6) is -4.17. The van der Waals surface area contributed by atoms with E-state index >= 15 is 0 Å². The van der Waals surface area contributed by atoms with E-state index in [0.717, 1.165) is 0 Å². The van der Waals surface area contributed by atoms with Crippen molar-refractivity contribution in [3.8, 4) is 0 Å². The first-order chi connectivity index (χ1) is 12.6. The summed E-state index contributed by atoms with van der Waals surface area (Å²) in [6, 6.07) is 0. The lowest BCUT2D eigenvalue weighted by Crippen LogP contribution is -2.45. The summed E-state index contributed by atoms with van der Waals surface area (Å²) in [6.45, 7) is -1.81. The maximum absolute atomic E-state index is 12.5. The molecule has 0 spiro atoms. The van der Waals surface area contributed by atoms with Crippen LogP contribution in [-0.2, 0) is 29.2 Å². The molecule has 2 atom stereocenters. The highest BCUT2D eigenvalue weighted by Crippen LogP contribution is 2.33. The fourth-order valence-corrected chi connectivity index (χ4v) is 2.10. The van der Waals surface area contributed by atoms with Gasteiger partial charge >= 0.3 is 24.3 Å². The van der Waals surface area contributed by atoms with Gasteiger partial charge in [-0.3, -0.25) is 4.55 Å². The quantitative estimate of drug-likeness (QED) is 0.194. The third-order valence-corrected chi connectivity index (χ3v) is 4.59. The number of esters is 2. The zero-order chi connectivity index (χ0) is 23.5. The van der Waals surface area contributed by atoms with Crippen LogP contribution in [0.5, 0.6) is 0 Å². The van der Waals surface area contributed by atoms with E-state index in [1.54, 1.807) is 0 Å².